The summed E-state index contributed by atoms with van der Waals surface area (Å²) in [6.07, 6.45) is 2.27. The van der Waals surface area contributed by atoms with Crippen molar-refractivity contribution in [3.63, 3.8) is 0 Å². The van der Waals surface area contributed by atoms with E-state index in [0.29, 0.717) is 17.6 Å². The topological polar surface area (TPSA) is 83.0 Å². The summed E-state index contributed by atoms with van der Waals surface area (Å²) < 4.78 is 1.35. The summed E-state index contributed by atoms with van der Waals surface area (Å²) in [6, 6.07) is 16.2. The Balaban J connectivity index is 1.37. The van der Waals surface area contributed by atoms with Crippen LogP contribution >= 0.6 is 0 Å². The molecule has 0 radical (unpaired) electrons. The molecule has 1 amide bonds. The van der Waals surface area contributed by atoms with Gasteiger partial charge in [-0.05, 0) is 44.5 Å². The number of nitrogens with zero attached hydrogens (tertiary/aromatic N) is 3. The summed E-state index contributed by atoms with van der Waals surface area (Å²) in [5, 5.41) is 3.83. The Morgan fingerprint density at radius 3 is 2.77 bits per heavy atom. The standard InChI is InChI=1S/C24H27N5O2/c1-3-28(18-8-5-4-6-9-18)13-7-12-25-21(30)15-29-16-26-22-19-14-17(2)10-11-20(19)27-23(22)24(29)31/h4-6,8-11,14,16,27H,3,7,12-13,15H2,1-2H3,(H,25,30). The van der Waals surface area contributed by atoms with Crippen molar-refractivity contribution in [2.45, 2.75) is 26.8 Å². The molecule has 2 N–H and O–H groups in total. The van der Waals surface area contributed by atoms with Gasteiger partial charge in [0.1, 0.15) is 17.6 Å². The van der Waals surface area contributed by atoms with Gasteiger partial charge in [0.25, 0.3) is 5.56 Å². The molecule has 31 heavy (non-hydrogen) atoms. The summed E-state index contributed by atoms with van der Waals surface area (Å²) in [7, 11) is 0. The smallest absolute Gasteiger partial charge is 0.278 e. The maximum Gasteiger partial charge on any atom is 0.278 e. The largest absolute Gasteiger partial charge is 0.372 e. The summed E-state index contributed by atoms with van der Waals surface area (Å²) in [4.78, 5) is 35.1. The van der Waals surface area contributed by atoms with Crippen molar-refractivity contribution < 1.29 is 4.79 Å². The van der Waals surface area contributed by atoms with Crippen molar-refractivity contribution in [2.75, 3.05) is 24.5 Å². The lowest BCUT2D eigenvalue weighted by Crippen LogP contribution is -2.34. The van der Waals surface area contributed by atoms with E-state index in [2.05, 4.69) is 39.2 Å². The lowest BCUT2D eigenvalue weighted by atomic mass is 10.2. The van der Waals surface area contributed by atoms with Crippen LogP contribution in [0.25, 0.3) is 21.9 Å². The summed E-state index contributed by atoms with van der Waals surface area (Å²) in [5.74, 6) is -0.196. The Morgan fingerprint density at radius 2 is 2.00 bits per heavy atom. The number of rotatable bonds is 8. The van der Waals surface area contributed by atoms with Crippen molar-refractivity contribution >= 4 is 33.5 Å². The number of aromatic nitrogens is 3. The van der Waals surface area contributed by atoms with Gasteiger partial charge in [-0.2, -0.15) is 0 Å². The van der Waals surface area contributed by atoms with Crippen LogP contribution in [-0.2, 0) is 11.3 Å². The second-order valence-electron chi connectivity index (χ2n) is 7.69. The van der Waals surface area contributed by atoms with Gasteiger partial charge < -0.3 is 15.2 Å². The zero-order valence-corrected chi connectivity index (χ0v) is 17.9. The van der Waals surface area contributed by atoms with Gasteiger partial charge in [0.2, 0.25) is 5.91 Å². The van der Waals surface area contributed by atoms with E-state index in [-0.39, 0.29) is 18.0 Å². The molecule has 160 valence electrons. The van der Waals surface area contributed by atoms with Gasteiger partial charge in [0.05, 0.1) is 6.33 Å². The van der Waals surface area contributed by atoms with E-state index in [9.17, 15) is 9.59 Å². The molecule has 7 nitrogen and oxygen atoms in total. The number of hydrogen-bond acceptors (Lipinski definition) is 4. The first-order chi connectivity index (χ1) is 15.1. The average molecular weight is 418 g/mol. The van der Waals surface area contributed by atoms with E-state index in [1.165, 1.54) is 16.6 Å². The fourth-order valence-electron chi connectivity index (χ4n) is 3.83. The third-order valence-electron chi connectivity index (χ3n) is 5.47. The van der Waals surface area contributed by atoms with E-state index < -0.39 is 0 Å². The first kappa shape index (κ1) is 20.7. The lowest BCUT2D eigenvalue weighted by molar-refractivity contribution is -0.121. The van der Waals surface area contributed by atoms with Crippen LogP contribution in [0.2, 0.25) is 0 Å². The molecule has 0 aliphatic heterocycles. The van der Waals surface area contributed by atoms with Gasteiger partial charge in [-0.1, -0.05) is 29.8 Å². The number of carbonyl (C=O) groups is 1. The molecular formula is C24H27N5O2. The number of fused-ring (bicyclic) bond motifs is 3. The van der Waals surface area contributed by atoms with Gasteiger partial charge in [0.15, 0.2) is 0 Å². The first-order valence-electron chi connectivity index (χ1n) is 10.6. The van der Waals surface area contributed by atoms with Crippen LogP contribution in [-0.4, -0.2) is 40.1 Å². The highest BCUT2D eigenvalue weighted by Gasteiger charge is 2.13. The molecule has 0 aliphatic rings. The lowest BCUT2D eigenvalue weighted by Gasteiger charge is -2.23. The van der Waals surface area contributed by atoms with Crippen molar-refractivity contribution in [3.8, 4) is 0 Å². The average Bonchev–Trinajstić information content (AvgIpc) is 3.15. The Hall–Kier alpha value is -3.61. The Morgan fingerprint density at radius 1 is 1.19 bits per heavy atom. The normalized spacial score (nSPS) is 11.2. The summed E-state index contributed by atoms with van der Waals surface area (Å²) in [5.41, 5.74) is 3.98. The molecule has 0 aliphatic carbocycles. The number of aromatic amines is 1. The van der Waals surface area contributed by atoms with Gasteiger partial charge in [0, 0.05) is 36.2 Å². The Labute approximate surface area is 180 Å². The minimum Gasteiger partial charge on any atom is -0.372 e. The maximum absolute atomic E-state index is 12.8. The molecule has 0 atom stereocenters. The molecule has 0 bridgehead atoms. The van der Waals surface area contributed by atoms with E-state index >= 15 is 0 Å². The molecule has 4 aromatic rings. The number of H-pyrrole nitrogens is 1. The predicted octanol–water partition coefficient (Wildman–Crippen LogP) is 3.22. The predicted molar refractivity (Wildman–Crippen MR) is 125 cm³/mol. The highest BCUT2D eigenvalue weighted by Crippen LogP contribution is 2.22. The molecule has 0 saturated carbocycles. The van der Waals surface area contributed by atoms with E-state index in [1.807, 2.05) is 43.3 Å². The number of hydrogen-bond donors (Lipinski definition) is 2. The van der Waals surface area contributed by atoms with Crippen LogP contribution in [0.15, 0.2) is 59.7 Å². The number of aryl methyl sites for hydroxylation is 1. The SMILES string of the molecule is CCN(CCCNC(=O)Cn1cnc2c([nH]c3ccc(C)cc32)c1=O)c1ccccc1. The van der Waals surface area contributed by atoms with Crippen LogP contribution in [0.1, 0.15) is 18.9 Å². The second-order valence-corrected chi connectivity index (χ2v) is 7.69. The first-order valence-corrected chi connectivity index (χ1v) is 10.6. The molecule has 0 unspecified atom stereocenters. The van der Waals surface area contributed by atoms with Gasteiger partial charge >= 0.3 is 0 Å². The zero-order chi connectivity index (χ0) is 21.8. The van der Waals surface area contributed by atoms with Crippen molar-refractivity contribution in [1.82, 2.24) is 19.9 Å². The number of para-hydroxylation sites is 1. The van der Waals surface area contributed by atoms with Crippen molar-refractivity contribution in [1.29, 1.82) is 0 Å². The van der Waals surface area contributed by atoms with E-state index in [4.69, 9.17) is 0 Å². The molecule has 0 saturated heterocycles. The highest BCUT2D eigenvalue weighted by atomic mass is 16.2. The number of amides is 1. The Bertz CT molecular complexity index is 1260. The van der Waals surface area contributed by atoms with Gasteiger partial charge in [-0.15, -0.1) is 0 Å². The fourth-order valence-corrected chi connectivity index (χ4v) is 3.83. The van der Waals surface area contributed by atoms with Crippen LogP contribution < -0.4 is 15.8 Å². The number of nitrogens with one attached hydrogen (secondary N) is 2. The number of carbonyl (C=O) groups excluding carboxylic acids is 1. The van der Waals surface area contributed by atoms with Crippen molar-refractivity contribution in [3.05, 3.63) is 70.8 Å². The molecule has 4 rings (SSSR count). The van der Waals surface area contributed by atoms with Crippen LogP contribution in [0.4, 0.5) is 5.69 Å². The molecular weight excluding hydrogens is 390 g/mol. The molecule has 7 heteroatoms. The Kier molecular flexibility index (Phi) is 6.02. The van der Waals surface area contributed by atoms with Crippen molar-refractivity contribution in [2.24, 2.45) is 0 Å². The minimum absolute atomic E-state index is 0.0493. The van der Waals surface area contributed by atoms with Crippen LogP contribution in [0.5, 0.6) is 0 Å². The molecule has 2 aromatic heterocycles. The number of benzene rings is 2. The van der Waals surface area contributed by atoms with Gasteiger partial charge in [-0.3, -0.25) is 14.2 Å². The third-order valence-corrected chi connectivity index (χ3v) is 5.47. The fraction of sp³-hybridized carbons (Fsp3) is 0.292. The van der Waals surface area contributed by atoms with Crippen LogP contribution in [0.3, 0.4) is 0 Å². The second kappa shape index (κ2) is 9.04. The van der Waals surface area contributed by atoms with E-state index in [1.54, 1.807) is 0 Å². The highest BCUT2D eigenvalue weighted by molar-refractivity contribution is 6.04. The van der Waals surface area contributed by atoms with Gasteiger partial charge in [-0.25, -0.2) is 4.98 Å². The van der Waals surface area contributed by atoms with E-state index in [0.717, 1.165) is 36.0 Å². The third kappa shape index (κ3) is 4.45. The summed E-state index contributed by atoms with van der Waals surface area (Å²) >= 11 is 0. The molecule has 2 aromatic carbocycles. The number of anilines is 1. The quantitative estimate of drug-likeness (QED) is 0.431. The zero-order valence-electron chi connectivity index (χ0n) is 17.9. The molecule has 0 spiro atoms. The minimum atomic E-state index is -0.241. The van der Waals surface area contributed by atoms with Crippen LogP contribution in [0, 0.1) is 6.92 Å². The molecule has 0 fully saturated rings. The molecule has 2 heterocycles. The maximum atomic E-state index is 12.8. The monoisotopic (exact) mass is 417 g/mol. The summed E-state index contributed by atoms with van der Waals surface area (Å²) in [6.45, 7) is 6.38.